The minimum absolute atomic E-state index is 0.00693. The van der Waals surface area contributed by atoms with E-state index in [-0.39, 0.29) is 23.7 Å². The number of hydrogen-bond donors (Lipinski definition) is 0. The highest BCUT2D eigenvalue weighted by Crippen LogP contribution is 2.28. The molecule has 0 atom stereocenters. The van der Waals surface area contributed by atoms with E-state index >= 15 is 0 Å². The first-order valence-corrected chi connectivity index (χ1v) is 8.51. The summed E-state index contributed by atoms with van der Waals surface area (Å²) in [6.45, 7) is 1.50. The van der Waals surface area contributed by atoms with Crippen molar-refractivity contribution in [3.8, 4) is 11.1 Å². The fourth-order valence-corrected chi connectivity index (χ4v) is 3.26. The Morgan fingerprint density at radius 1 is 1.20 bits per heavy atom. The number of nitrogens with zero attached hydrogens (tertiary/aromatic N) is 3. The van der Waals surface area contributed by atoms with E-state index in [4.69, 9.17) is 16.0 Å². The molecule has 6 nitrogen and oxygen atoms in total. The van der Waals surface area contributed by atoms with Gasteiger partial charge in [0.1, 0.15) is 24.5 Å². The van der Waals surface area contributed by atoms with Crippen molar-refractivity contribution in [3.63, 3.8) is 0 Å². The van der Waals surface area contributed by atoms with Gasteiger partial charge < -0.3 is 9.32 Å². The molecule has 1 fully saturated rings. The Labute approximate surface area is 148 Å². The summed E-state index contributed by atoms with van der Waals surface area (Å²) >= 11 is 5.92. The summed E-state index contributed by atoms with van der Waals surface area (Å²) in [5.41, 5.74) is 1.44. The van der Waals surface area contributed by atoms with Crippen molar-refractivity contribution in [2.24, 2.45) is 0 Å². The molecule has 1 saturated heterocycles. The van der Waals surface area contributed by atoms with Crippen LogP contribution in [0.4, 0.5) is 0 Å². The number of rotatable bonds is 3. The smallest absolute Gasteiger partial charge is 0.265 e. The molecule has 1 aliphatic heterocycles. The van der Waals surface area contributed by atoms with Crippen LogP contribution >= 0.6 is 11.6 Å². The standard InChI is InChI=1S/C18H16ClN3O3/c19-13-5-3-12(4-6-13)14-10-25-17-16(14)18(24)22(11-20-17)9-15(23)21-7-1-2-8-21/h3-6,10-11H,1-2,7-9H2. The molecule has 4 rings (SSSR count). The minimum Gasteiger partial charge on any atom is -0.445 e. The molecule has 3 heterocycles. The van der Waals surface area contributed by atoms with Crippen molar-refractivity contribution < 1.29 is 9.21 Å². The highest BCUT2D eigenvalue weighted by atomic mass is 35.5. The van der Waals surface area contributed by atoms with Crippen LogP contribution in [0.25, 0.3) is 22.2 Å². The molecule has 0 aliphatic carbocycles. The summed E-state index contributed by atoms with van der Waals surface area (Å²) in [6.07, 6.45) is 4.91. The third-order valence-corrected chi connectivity index (χ3v) is 4.73. The molecule has 3 aromatic rings. The molecule has 7 heteroatoms. The average Bonchev–Trinajstić information content (AvgIpc) is 3.28. The SMILES string of the molecule is O=C(Cn1cnc2occ(-c3ccc(Cl)cc3)c2c1=O)N1CCCC1. The van der Waals surface area contributed by atoms with Gasteiger partial charge in [0.15, 0.2) is 0 Å². The summed E-state index contributed by atoms with van der Waals surface area (Å²) in [5, 5.41) is 0.988. The summed E-state index contributed by atoms with van der Waals surface area (Å²) < 4.78 is 6.77. The molecular formula is C18H16ClN3O3. The Balaban J connectivity index is 1.74. The van der Waals surface area contributed by atoms with Crippen molar-refractivity contribution in [1.29, 1.82) is 0 Å². The largest absolute Gasteiger partial charge is 0.445 e. The minimum atomic E-state index is -0.281. The molecule has 2 aromatic heterocycles. The zero-order chi connectivity index (χ0) is 17.4. The molecule has 1 amide bonds. The molecule has 128 valence electrons. The second kappa shape index (κ2) is 6.37. The van der Waals surface area contributed by atoms with Gasteiger partial charge in [-0.2, -0.15) is 0 Å². The van der Waals surface area contributed by atoms with Crippen molar-refractivity contribution in [1.82, 2.24) is 14.5 Å². The molecule has 0 saturated carbocycles. The van der Waals surface area contributed by atoms with Gasteiger partial charge in [0.2, 0.25) is 11.6 Å². The van der Waals surface area contributed by atoms with Gasteiger partial charge in [-0.15, -0.1) is 0 Å². The molecule has 1 aromatic carbocycles. The van der Waals surface area contributed by atoms with Crippen LogP contribution in [0.2, 0.25) is 5.02 Å². The second-order valence-corrected chi connectivity index (χ2v) is 6.54. The van der Waals surface area contributed by atoms with E-state index in [1.54, 1.807) is 17.0 Å². The van der Waals surface area contributed by atoms with Gasteiger partial charge in [-0.3, -0.25) is 14.2 Å². The first-order chi connectivity index (χ1) is 12.1. The van der Waals surface area contributed by atoms with Crippen LogP contribution in [-0.4, -0.2) is 33.4 Å². The van der Waals surface area contributed by atoms with Gasteiger partial charge in [-0.05, 0) is 30.5 Å². The first kappa shape index (κ1) is 15.9. The highest BCUT2D eigenvalue weighted by Gasteiger charge is 2.20. The van der Waals surface area contributed by atoms with E-state index in [1.165, 1.54) is 17.2 Å². The molecule has 1 aliphatic rings. The first-order valence-electron chi connectivity index (χ1n) is 8.14. The van der Waals surface area contributed by atoms with Crippen LogP contribution in [0.5, 0.6) is 0 Å². The third kappa shape index (κ3) is 2.93. The van der Waals surface area contributed by atoms with Crippen molar-refractivity contribution in [2.45, 2.75) is 19.4 Å². The molecular weight excluding hydrogens is 342 g/mol. The fourth-order valence-electron chi connectivity index (χ4n) is 3.13. The van der Waals surface area contributed by atoms with Crippen molar-refractivity contribution in [3.05, 3.63) is 52.2 Å². The van der Waals surface area contributed by atoms with E-state index in [2.05, 4.69) is 4.98 Å². The van der Waals surface area contributed by atoms with E-state index in [0.29, 0.717) is 16.0 Å². The van der Waals surface area contributed by atoms with Crippen LogP contribution in [0, 0.1) is 0 Å². The van der Waals surface area contributed by atoms with Gasteiger partial charge >= 0.3 is 0 Å². The zero-order valence-corrected chi connectivity index (χ0v) is 14.2. The number of halogens is 1. The van der Waals surface area contributed by atoms with Gasteiger partial charge in [-0.1, -0.05) is 23.7 Å². The number of amides is 1. The normalized spacial score (nSPS) is 14.4. The van der Waals surface area contributed by atoms with Gasteiger partial charge in [0.25, 0.3) is 5.56 Å². The van der Waals surface area contributed by atoms with Gasteiger partial charge in [0, 0.05) is 23.7 Å². The molecule has 0 unspecified atom stereocenters. The maximum atomic E-state index is 12.9. The average molecular weight is 358 g/mol. The second-order valence-electron chi connectivity index (χ2n) is 6.10. The van der Waals surface area contributed by atoms with Crippen LogP contribution in [0.1, 0.15) is 12.8 Å². The number of benzene rings is 1. The Morgan fingerprint density at radius 2 is 1.92 bits per heavy atom. The van der Waals surface area contributed by atoms with Gasteiger partial charge in [-0.25, -0.2) is 4.98 Å². The monoisotopic (exact) mass is 357 g/mol. The molecule has 0 N–H and O–H groups in total. The quantitative estimate of drug-likeness (QED) is 0.722. The lowest BCUT2D eigenvalue weighted by atomic mass is 10.1. The number of fused-ring (bicyclic) bond motifs is 1. The third-order valence-electron chi connectivity index (χ3n) is 4.48. The van der Waals surface area contributed by atoms with Gasteiger partial charge in [0.05, 0.1) is 0 Å². The van der Waals surface area contributed by atoms with E-state index in [0.717, 1.165) is 31.5 Å². The lowest BCUT2D eigenvalue weighted by Gasteiger charge is -2.15. The Morgan fingerprint density at radius 3 is 2.64 bits per heavy atom. The summed E-state index contributed by atoms with van der Waals surface area (Å²) in [7, 11) is 0. The molecule has 0 radical (unpaired) electrons. The number of hydrogen-bond acceptors (Lipinski definition) is 4. The lowest BCUT2D eigenvalue weighted by molar-refractivity contribution is -0.130. The van der Waals surface area contributed by atoms with E-state index in [9.17, 15) is 9.59 Å². The van der Waals surface area contributed by atoms with Crippen LogP contribution in [0.15, 0.2) is 46.1 Å². The Kier molecular flexibility index (Phi) is 4.05. The maximum Gasteiger partial charge on any atom is 0.265 e. The number of carbonyl (C=O) groups is 1. The van der Waals surface area contributed by atoms with Crippen LogP contribution in [-0.2, 0) is 11.3 Å². The summed E-state index contributed by atoms with van der Waals surface area (Å²) in [5.74, 6) is -0.0581. The number of carbonyl (C=O) groups excluding carboxylic acids is 1. The summed E-state index contributed by atoms with van der Waals surface area (Å²) in [4.78, 5) is 31.2. The fraction of sp³-hybridized carbons (Fsp3) is 0.278. The molecule has 25 heavy (non-hydrogen) atoms. The predicted molar refractivity (Wildman–Crippen MR) is 94.5 cm³/mol. The topological polar surface area (TPSA) is 68.3 Å². The number of aromatic nitrogens is 2. The van der Waals surface area contributed by atoms with E-state index < -0.39 is 0 Å². The van der Waals surface area contributed by atoms with E-state index in [1.807, 2.05) is 12.1 Å². The molecule has 0 spiro atoms. The van der Waals surface area contributed by atoms with Crippen LogP contribution < -0.4 is 5.56 Å². The Hall–Kier alpha value is -2.60. The summed E-state index contributed by atoms with van der Waals surface area (Å²) in [6, 6.07) is 7.14. The molecule has 0 bridgehead atoms. The van der Waals surface area contributed by atoms with Crippen molar-refractivity contribution >= 4 is 28.6 Å². The lowest BCUT2D eigenvalue weighted by Crippen LogP contribution is -2.34. The number of likely N-dealkylation sites (tertiary alicyclic amines) is 1. The van der Waals surface area contributed by atoms with Crippen molar-refractivity contribution in [2.75, 3.05) is 13.1 Å². The zero-order valence-electron chi connectivity index (χ0n) is 13.4. The number of furan rings is 1. The Bertz CT molecular complexity index is 985. The highest BCUT2D eigenvalue weighted by molar-refractivity contribution is 6.30. The predicted octanol–water partition coefficient (Wildman–Crippen LogP) is 2.93. The van der Waals surface area contributed by atoms with Crippen LogP contribution in [0.3, 0.4) is 0 Å². The maximum absolute atomic E-state index is 12.9.